The number of aliphatic hydroxyl groups excluding tert-OH is 1. The Bertz CT molecular complexity index is 333. The van der Waals surface area contributed by atoms with Gasteiger partial charge in [0, 0.05) is 6.08 Å². The smallest absolute Gasteiger partial charge is 0.336 e. The maximum absolute atomic E-state index is 10.9. The van der Waals surface area contributed by atoms with E-state index < -0.39 is 5.97 Å². The third-order valence-corrected chi connectivity index (χ3v) is 2.22. The second-order valence-electron chi connectivity index (χ2n) is 3.93. The second kappa shape index (κ2) is 11.2. The molecule has 0 aliphatic carbocycles. The van der Waals surface area contributed by atoms with Gasteiger partial charge in [-0.2, -0.15) is 0 Å². The van der Waals surface area contributed by atoms with E-state index in [1.54, 1.807) is 0 Å². The molecule has 0 aromatic carbocycles. The average molecular weight is 286 g/mol. The minimum atomic E-state index is -0.485. The third-order valence-electron chi connectivity index (χ3n) is 2.22. The molecule has 114 valence electrons. The molecular formula is C14H22O6. The zero-order chi connectivity index (χ0) is 15.4. The fourth-order valence-corrected chi connectivity index (χ4v) is 0.988. The Labute approximate surface area is 119 Å². The quantitative estimate of drug-likeness (QED) is 0.310. The Hall–Kier alpha value is -1.66. The Kier molecular flexibility index (Phi) is 10.3. The summed E-state index contributed by atoms with van der Waals surface area (Å²) in [6.45, 7) is 9.72. The SMILES string of the molecule is C=C(C(=O)OCCO)C1CO1.C=CC(=O)OCCCC. The van der Waals surface area contributed by atoms with Crippen LogP contribution in [0.3, 0.4) is 0 Å². The van der Waals surface area contributed by atoms with Gasteiger partial charge >= 0.3 is 11.9 Å². The van der Waals surface area contributed by atoms with Crippen molar-refractivity contribution in [2.24, 2.45) is 0 Å². The van der Waals surface area contributed by atoms with E-state index in [4.69, 9.17) is 9.84 Å². The summed E-state index contributed by atoms with van der Waals surface area (Å²) in [6.07, 6.45) is 3.00. The molecule has 6 nitrogen and oxygen atoms in total. The monoisotopic (exact) mass is 286 g/mol. The molecule has 1 fully saturated rings. The topological polar surface area (TPSA) is 85.4 Å². The van der Waals surface area contributed by atoms with Crippen LogP contribution < -0.4 is 0 Å². The molecule has 1 N–H and O–H groups in total. The van der Waals surface area contributed by atoms with Crippen LogP contribution in [0.2, 0.25) is 0 Å². The molecule has 1 heterocycles. The summed E-state index contributed by atoms with van der Waals surface area (Å²) in [5, 5.41) is 8.31. The van der Waals surface area contributed by atoms with Gasteiger partial charge in [0.2, 0.25) is 0 Å². The normalized spacial score (nSPS) is 15.4. The van der Waals surface area contributed by atoms with E-state index in [1.165, 1.54) is 6.08 Å². The molecule has 1 unspecified atom stereocenters. The summed E-state index contributed by atoms with van der Waals surface area (Å²) in [5.41, 5.74) is 0.332. The lowest BCUT2D eigenvalue weighted by Crippen LogP contribution is -2.13. The van der Waals surface area contributed by atoms with Gasteiger partial charge in [0.15, 0.2) is 0 Å². The second-order valence-corrected chi connectivity index (χ2v) is 3.93. The highest BCUT2D eigenvalue weighted by Gasteiger charge is 2.30. The number of esters is 2. The van der Waals surface area contributed by atoms with Crippen LogP contribution in [0.5, 0.6) is 0 Å². The summed E-state index contributed by atoms with van der Waals surface area (Å²) in [7, 11) is 0. The van der Waals surface area contributed by atoms with Gasteiger partial charge in [-0.1, -0.05) is 26.5 Å². The van der Waals surface area contributed by atoms with Crippen LogP contribution >= 0.6 is 0 Å². The number of ether oxygens (including phenoxy) is 3. The summed E-state index contributed by atoms with van der Waals surface area (Å²) in [6, 6.07) is 0. The van der Waals surface area contributed by atoms with E-state index in [2.05, 4.69) is 22.6 Å². The minimum absolute atomic E-state index is 0.0184. The lowest BCUT2D eigenvalue weighted by Gasteiger charge is -2.01. The first-order valence-corrected chi connectivity index (χ1v) is 6.44. The molecule has 0 aromatic heterocycles. The lowest BCUT2D eigenvalue weighted by molar-refractivity contribution is -0.140. The molecule has 0 radical (unpaired) electrons. The van der Waals surface area contributed by atoms with Gasteiger partial charge in [-0.25, -0.2) is 9.59 Å². The first-order chi connectivity index (χ1) is 9.56. The molecular weight excluding hydrogens is 264 g/mol. The Morgan fingerprint density at radius 1 is 1.40 bits per heavy atom. The van der Waals surface area contributed by atoms with Crippen molar-refractivity contribution >= 4 is 11.9 Å². The van der Waals surface area contributed by atoms with Crippen molar-refractivity contribution in [1.29, 1.82) is 0 Å². The molecule has 1 saturated heterocycles. The molecule has 0 bridgehead atoms. The van der Waals surface area contributed by atoms with Crippen molar-refractivity contribution in [2.75, 3.05) is 26.4 Å². The highest BCUT2D eigenvalue weighted by atomic mass is 16.6. The highest BCUT2D eigenvalue weighted by molar-refractivity contribution is 5.89. The van der Waals surface area contributed by atoms with E-state index in [1.807, 2.05) is 6.92 Å². The molecule has 6 heteroatoms. The summed E-state index contributed by atoms with van der Waals surface area (Å²) in [4.78, 5) is 21.2. The molecule has 0 amide bonds. The Balaban J connectivity index is 0.000000370. The van der Waals surface area contributed by atoms with Crippen molar-refractivity contribution in [3.8, 4) is 0 Å². The van der Waals surface area contributed by atoms with E-state index in [-0.39, 0.29) is 25.3 Å². The van der Waals surface area contributed by atoms with Crippen molar-refractivity contribution < 1.29 is 28.9 Å². The Morgan fingerprint density at radius 2 is 2.05 bits per heavy atom. The fourth-order valence-electron chi connectivity index (χ4n) is 0.988. The highest BCUT2D eigenvalue weighted by Crippen LogP contribution is 2.18. The molecule has 1 aliphatic heterocycles. The molecule has 0 spiro atoms. The van der Waals surface area contributed by atoms with Crippen LogP contribution in [0, 0.1) is 0 Å². The van der Waals surface area contributed by atoms with Gasteiger partial charge in [-0.3, -0.25) is 0 Å². The lowest BCUT2D eigenvalue weighted by atomic mass is 10.2. The van der Waals surface area contributed by atoms with Gasteiger partial charge < -0.3 is 19.3 Å². The number of carbonyl (C=O) groups is 2. The van der Waals surface area contributed by atoms with Gasteiger partial charge in [-0.05, 0) is 6.42 Å². The number of unbranched alkanes of at least 4 members (excludes halogenated alkanes) is 1. The predicted octanol–water partition coefficient (Wildman–Crippen LogP) is 0.993. The van der Waals surface area contributed by atoms with Gasteiger partial charge in [0.25, 0.3) is 0 Å². The van der Waals surface area contributed by atoms with Gasteiger partial charge in [0.1, 0.15) is 12.7 Å². The van der Waals surface area contributed by atoms with Crippen molar-refractivity contribution in [2.45, 2.75) is 25.9 Å². The summed E-state index contributed by atoms with van der Waals surface area (Å²) in [5.74, 6) is -0.815. The van der Waals surface area contributed by atoms with Crippen LogP contribution in [0.4, 0.5) is 0 Å². The van der Waals surface area contributed by atoms with E-state index in [0.29, 0.717) is 18.8 Å². The number of epoxide rings is 1. The molecule has 1 rings (SSSR count). The van der Waals surface area contributed by atoms with Crippen LogP contribution in [-0.4, -0.2) is 49.6 Å². The molecule has 0 saturated carbocycles. The zero-order valence-corrected chi connectivity index (χ0v) is 11.8. The fraction of sp³-hybridized carbons (Fsp3) is 0.571. The number of rotatable bonds is 8. The maximum atomic E-state index is 10.9. The van der Waals surface area contributed by atoms with Crippen molar-refractivity contribution in [3.05, 3.63) is 24.8 Å². The standard InChI is InChI=1S/C7H10O4.C7H12O2/c1-5(6-4-11-6)7(9)10-3-2-8;1-3-5-6-9-7(8)4-2/h6,8H,1-4H2;4H,2-3,5-6H2,1H3. The summed E-state index contributed by atoms with van der Waals surface area (Å²) < 4.78 is 14.1. The number of hydrogen-bond donors (Lipinski definition) is 1. The van der Waals surface area contributed by atoms with Crippen LogP contribution in [-0.2, 0) is 23.8 Å². The van der Waals surface area contributed by atoms with Crippen LogP contribution in [0.25, 0.3) is 0 Å². The minimum Gasteiger partial charge on any atom is -0.463 e. The van der Waals surface area contributed by atoms with Gasteiger partial charge in [0.05, 0.1) is 25.4 Å². The first kappa shape index (κ1) is 18.3. The first-order valence-electron chi connectivity index (χ1n) is 6.44. The van der Waals surface area contributed by atoms with Crippen molar-refractivity contribution in [1.82, 2.24) is 0 Å². The molecule has 0 aromatic rings. The maximum Gasteiger partial charge on any atom is 0.336 e. The number of hydrogen-bond acceptors (Lipinski definition) is 6. The average Bonchev–Trinajstić information content (AvgIpc) is 3.29. The molecule has 1 atom stereocenters. The van der Waals surface area contributed by atoms with Gasteiger partial charge in [-0.15, -0.1) is 0 Å². The van der Waals surface area contributed by atoms with Crippen molar-refractivity contribution in [3.63, 3.8) is 0 Å². The Morgan fingerprint density at radius 3 is 2.50 bits per heavy atom. The predicted molar refractivity (Wildman–Crippen MR) is 73.0 cm³/mol. The summed E-state index contributed by atoms with van der Waals surface area (Å²) >= 11 is 0. The largest absolute Gasteiger partial charge is 0.463 e. The molecule has 20 heavy (non-hydrogen) atoms. The van der Waals surface area contributed by atoms with E-state index >= 15 is 0 Å². The van der Waals surface area contributed by atoms with E-state index in [9.17, 15) is 9.59 Å². The third kappa shape index (κ3) is 9.29. The number of carbonyl (C=O) groups excluding carboxylic acids is 2. The van der Waals surface area contributed by atoms with E-state index in [0.717, 1.165) is 12.8 Å². The molecule has 1 aliphatic rings. The number of aliphatic hydroxyl groups is 1. The zero-order valence-electron chi connectivity index (χ0n) is 11.8. The van der Waals surface area contributed by atoms with Crippen LogP contribution in [0.1, 0.15) is 19.8 Å². The van der Waals surface area contributed by atoms with Crippen LogP contribution in [0.15, 0.2) is 24.8 Å².